The van der Waals surface area contributed by atoms with Crippen LogP contribution in [-0.2, 0) is 9.59 Å². The maximum Gasteiger partial charge on any atom is 0.273 e. The van der Waals surface area contributed by atoms with Crippen LogP contribution < -0.4 is 16.6 Å². The molecule has 0 bridgehead atoms. The summed E-state index contributed by atoms with van der Waals surface area (Å²) in [5.41, 5.74) is 3.06. The largest absolute Gasteiger partial charge is 0.324 e. The Morgan fingerprint density at radius 2 is 2.35 bits per heavy atom. The maximum absolute atomic E-state index is 12.4. The van der Waals surface area contributed by atoms with Gasteiger partial charge in [0.2, 0.25) is 11.8 Å². The molecular weight excluding hydrogens is 262 g/mol. The minimum Gasteiger partial charge on any atom is -0.324 e. The highest BCUT2D eigenvalue weighted by atomic mass is 16.2. The number of nitrogens with one attached hydrogen (secondary N) is 2. The number of rotatable bonds is 3. The van der Waals surface area contributed by atoms with Crippen molar-refractivity contribution in [1.29, 1.82) is 0 Å². The molecule has 106 valence electrons. The SMILES string of the molecule is CCC1C(=O)NC(=O)CN1C(=O)c1cc(NN)ccn1. The first-order chi connectivity index (χ1) is 9.56. The smallest absolute Gasteiger partial charge is 0.273 e. The number of nitrogen functional groups attached to an aromatic ring is 1. The Morgan fingerprint density at radius 3 is 3.00 bits per heavy atom. The van der Waals surface area contributed by atoms with E-state index in [1.807, 2.05) is 0 Å². The van der Waals surface area contributed by atoms with Gasteiger partial charge in [0, 0.05) is 6.20 Å². The first-order valence-electron chi connectivity index (χ1n) is 6.14. The summed E-state index contributed by atoms with van der Waals surface area (Å²) in [6, 6.07) is 2.39. The standard InChI is InChI=1S/C12H15N5O3/c1-2-9-11(19)15-10(18)6-17(9)12(20)8-5-7(16-13)3-4-14-8/h3-5,9H,2,6,13H2,1H3,(H,14,16)(H,15,18,19). The van der Waals surface area contributed by atoms with E-state index in [1.54, 1.807) is 13.0 Å². The Labute approximate surface area is 115 Å². The molecule has 2 heterocycles. The van der Waals surface area contributed by atoms with Gasteiger partial charge in [0.15, 0.2) is 0 Å². The fourth-order valence-electron chi connectivity index (χ4n) is 2.07. The average Bonchev–Trinajstić information content (AvgIpc) is 2.45. The van der Waals surface area contributed by atoms with Gasteiger partial charge < -0.3 is 10.3 Å². The molecule has 8 nitrogen and oxygen atoms in total. The fourth-order valence-corrected chi connectivity index (χ4v) is 2.07. The monoisotopic (exact) mass is 277 g/mol. The van der Waals surface area contributed by atoms with Crippen molar-refractivity contribution < 1.29 is 14.4 Å². The molecule has 3 amide bonds. The van der Waals surface area contributed by atoms with Crippen molar-refractivity contribution in [2.45, 2.75) is 19.4 Å². The normalized spacial score (nSPS) is 18.7. The molecule has 0 aliphatic carbocycles. The minimum atomic E-state index is -0.670. The lowest BCUT2D eigenvalue weighted by Gasteiger charge is -2.33. The molecule has 1 unspecified atom stereocenters. The lowest BCUT2D eigenvalue weighted by Crippen LogP contribution is -2.59. The van der Waals surface area contributed by atoms with Crippen LogP contribution in [0.15, 0.2) is 18.3 Å². The molecule has 8 heteroatoms. The van der Waals surface area contributed by atoms with Gasteiger partial charge in [-0.25, -0.2) is 0 Å². The van der Waals surface area contributed by atoms with E-state index in [0.29, 0.717) is 12.1 Å². The quantitative estimate of drug-likeness (QED) is 0.380. The first-order valence-corrected chi connectivity index (χ1v) is 6.14. The number of hydrogen-bond acceptors (Lipinski definition) is 6. The number of amides is 3. The van der Waals surface area contributed by atoms with Crippen molar-refractivity contribution in [3.63, 3.8) is 0 Å². The molecule has 1 fully saturated rings. The van der Waals surface area contributed by atoms with E-state index in [2.05, 4.69) is 15.7 Å². The minimum absolute atomic E-state index is 0.126. The molecule has 1 atom stereocenters. The van der Waals surface area contributed by atoms with Gasteiger partial charge in [-0.15, -0.1) is 0 Å². The number of pyridine rings is 1. The predicted molar refractivity (Wildman–Crippen MR) is 70.3 cm³/mol. The van der Waals surface area contributed by atoms with Crippen LogP contribution in [-0.4, -0.2) is 40.2 Å². The fraction of sp³-hybridized carbons (Fsp3) is 0.333. The van der Waals surface area contributed by atoms with Gasteiger partial charge in [0.1, 0.15) is 18.3 Å². The number of nitrogens with zero attached hydrogens (tertiary/aromatic N) is 2. The molecule has 4 N–H and O–H groups in total. The van der Waals surface area contributed by atoms with Gasteiger partial charge in [-0.05, 0) is 18.6 Å². The number of hydrogen-bond donors (Lipinski definition) is 3. The van der Waals surface area contributed by atoms with Gasteiger partial charge in [-0.2, -0.15) is 0 Å². The Hall–Kier alpha value is -2.48. The summed E-state index contributed by atoms with van der Waals surface area (Å²) in [5, 5.41) is 2.21. The molecule has 2 rings (SSSR count). The third-order valence-electron chi connectivity index (χ3n) is 3.05. The van der Waals surface area contributed by atoms with Gasteiger partial charge >= 0.3 is 0 Å². The van der Waals surface area contributed by atoms with Crippen LogP contribution in [0.25, 0.3) is 0 Å². The van der Waals surface area contributed by atoms with E-state index in [9.17, 15) is 14.4 Å². The summed E-state index contributed by atoms with van der Waals surface area (Å²) in [4.78, 5) is 40.7. The topological polar surface area (TPSA) is 117 Å². The van der Waals surface area contributed by atoms with Gasteiger partial charge in [0.05, 0.1) is 5.69 Å². The van der Waals surface area contributed by atoms with Crippen molar-refractivity contribution >= 4 is 23.4 Å². The third-order valence-corrected chi connectivity index (χ3v) is 3.05. The van der Waals surface area contributed by atoms with Crippen LogP contribution >= 0.6 is 0 Å². The molecule has 20 heavy (non-hydrogen) atoms. The van der Waals surface area contributed by atoms with Crippen LogP contribution in [0.1, 0.15) is 23.8 Å². The molecule has 1 aromatic rings. The number of hydrazine groups is 1. The van der Waals surface area contributed by atoms with Gasteiger partial charge in [-0.1, -0.05) is 6.92 Å². The van der Waals surface area contributed by atoms with Gasteiger partial charge in [0.25, 0.3) is 5.91 Å². The number of carbonyl (C=O) groups excluding carboxylic acids is 3. The lowest BCUT2D eigenvalue weighted by atomic mass is 10.1. The lowest BCUT2D eigenvalue weighted by molar-refractivity contribution is -0.138. The Kier molecular flexibility index (Phi) is 3.94. The van der Waals surface area contributed by atoms with E-state index in [0.717, 1.165) is 0 Å². The molecule has 1 aromatic heterocycles. The highest BCUT2D eigenvalue weighted by Gasteiger charge is 2.36. The average molecular weight is 277 g/mol. The molecular formula is C12H15N5O3. The van der Waals surface area contributed by atoms with Crippen molar-refractivity contribution in [2.24, 2.45) is 5.84 Å². The van der Waals surface area contributed by atoms with E-state index >= 15 is 0 Å². The number of piperazine rings is 1. The van der Waals surface area contributed by atoms with E-state index in [-0.39, 0.29) is 12.2 Å². The van der Waals surface area contributed by atoms with Crippen molar-refractivity contribution in [3.05, 3.63) is 24.0 Å². The zero-order chi connectivity index (χ0) is 14.7. The van der Waals surface area contributed by atoms with Crippen LogP contribution in [0.2, 0.25) is 0 Å². The Morgan fingerprint density at radius 1 is 1.60 bits per heavy atom. The van der Waals surface area contributed by atoms with Crippen molar-refractivity contribution in [1.82, 2.24) is 15.2 Å². The predicted octanol–water partition coefficient (Wildman–Crippen LogP) is -0.756. The van der Waals surface area contributed by atoms with Crippen LogP contribution in [0.5, 0.6) is 0 Å². The second-order valence-corrected chi connectivity index (χ2v) is 4.34. The summed E-state index contributed by atoms with van der Waals surface area (Å²) in [5.74, 6) is 3.83. The summed E-state index contributed by atoms with van der Waals surface area (Å²) < 4.78 is 0. The van der Waals surface area contributed by atoms with Crippen LogP contribution in [0, 0.1) is 0 Å². The van der Waals surface area contributed by atoms with Crippen molar-refractivity contribution in [3.8, 4) is 0 Å². The van der Waals surface area contributed by atoms with Crippen LogP contribution in [0.4, 0.5) is 5.69 Å². The zero-order valence-electron chi connectivity index (χ0n) is 10.9. The summed E-state index contributed by atoms with van der Waals surface area (Å²) in [6.07, 6.45) is 1.84. The Bertz CT molecular complexity index is 560. The summed E-state index contributed by atoms with van der Waals surface area (Å²) in [7, 11) is 0. The molecule has 0 aromatic carbocycles. The third kappa shape index (κ3) is 2.59. The molecule has 0 spiro atoms. The number of aromatic nitrogens is 1. The molecule has 0 saturated carbocycles. The number of anilines is 1. The highest BCUT2D eigenvalue weighted by molar-refractivity contribution is 6.06. The van der Waals surface area contributed by atoms with Crippen molar-refractivity contribution in [2.75, 3.05) is 12.0 Å². The number of nitrogens with two attached hydrogens (primary N) is 1. The van der Waals surface area contributed by atoms with Gasteiger partial charge in [-0.3, -0.25) is 30.5 Å². The maximum atomic E-state index is 12.4. The zero-order valence-corrected chi connectivity index (χ0v) is 10.9. The highest BCUT2D eigenvalue weighted by Crippen LogP contribution is 2.15. The first kappa shape index (κ1) is 13.9. The second kappa shape index (κ2) is 5.66. The molecule has 1 aliphatic rings. The van der Waals surface area contributed by atoms with Crippen LogP contribution in [0.3, 0.4) is 0 Å². The molecule has 1 saturated heterocycles. The summed E-state index contributed by atoms with van der Waals surface area (Å²) >= 11 is 0. The van der Waals surface area contributed by atoms with E-state index in [1.165, 1.54) is 17.2 Å². The molecule has 0 radical (unpaired) electrons. The van der Waals surface area contributed by atoms with E-state index < -0.39 is 23.8 Å². The van der Waals surface area contributed by atoms with E-state index in [4.69, 9.17) is 5.84 Å². The second-order valence-electron chi connectivity index (χ2n) is 4.34. The number of imide groups is 1. The number of carbonyl (C=O) groups is 3. The Balaban J connectivity index is 2.29. The molecule has 1 aliphatic heterocycles. The summed E-state index contributed by atoms with van der Waals surface area (Å²) in [6.45, 7) is 1.61.